The fraction of sp³-hybridized carbons (Fsp3) is 0.562. The average Bonchev–Trinajstić information content (AvgIpc) is 2.96. The smallest absolute Gasteiger partial charge is 0.238 e. The Balaban J connectivity index is 1.86. The number of carbonyl (C=O) groups excluding carboxylic acids is 1. The second-order valence-corrected chi connectivity index (χ2v) is 7.91. The van der Waals surface area contributed by atoms with E-state index in [1.54, 1.807) is 0 Å². The zero-order valence-electron chi connectivity index (χ0n) is 13.7. The Morgan fingerprint density at radius 1 is 1.26 bits per heavy atom. The molecule has 0 saturated carbocycles. The summed E-state index contributed by atoms with van der Waals surface area (Å²) in [6.45, 7) is 5.15. The highest BCUT2D eigenvalue weighted by Crippen LogP contribution is 2.13. The van der Waals surface area contributed by atoms with Crippen molar-refractivity contribution in [2.45, 2.75) is 38.9 Å². The van der Waals surface area contributed by atoms with E-state index in [0.29, 0.717) is 6.54 Å². The van der Waals surface area contributed by atoms with Crippen LogP contribution in [0.15, 0.2) is 24.3 Å². The predicted octanol–water partition coefficient (Wildman–Crippen LogP) is 0.836. The van der Waals surface area contributed by atoms with Gasteiger partial charge >= 0.3 is 0 Å². The quantitative estimate of drug-likeness (QED) is 0.771. The van der Waals surface area contributed by atoms with Gasteiger partial charge in [0.25, 0.3) is 0 Å². The first-order valence-corrected chi connectivity index (χ1v) is 9.78. The fourth-order valence-corrected chi connectivity index (χ4v) is 3.50. The van der Waals surface area contributed by atoms with Crippen LogP contribution in [0.4, 0.5) is 0 Å². The molecule has 2 N–H and O–H groups in total. The number of nitrogens with zero attached hydrogens (tertiary/aromatic N) is 1. The summed E-state index contributed by atoms with van der Waals surface area (Å²) in [6, 6.07) is 7.36. The van der Waals surface area contributed by atoms with Crippen molar-refractivity contribution < 1.29 is 13.2 Å². The summed E-state index contributed by atoms with van der Waals surface area (Å²) in [5, 5.41) is 2.76. The van der Waals surface area contributed by atoms with Crippen molar-refractivity contribution in [1.82, 2.24) is 14.9 Å². The van der Waals surface area contributed by atoms with Gasteiger partial charge < -0.3 is 5.32 Å². The highest BCUT2D eigenvalue weighted by atomic mass is 32.2. The molecule has 7 heteroatoms. The van der Waals surface area contributed by atoms with Crippen LogP contribution >= 0.6 is 0 Å². The van der Waals surface area contributed by atoms with Gasteiger partial charge in [0.1, 0.15) is 0 Å². The minimum absolute atomic E-state index is 0.333. The lowest BCUT2D eigenvalue weighted by Gasteiger charge is -2.16. The average molecular weight is 339 g/mol. The van der Waals surface area contributed by atoms with Gasteiger partial charge in [-0.25, -0.2) is 13.1 Å². The second-order valence-electron chi connectivity index (χ2n) is 6.13. The van der Waals surface area contributed by atoms with E-state index in [2.05, 4.69) is 27.1 Å². The van der Waals surface area contributed by atoms with E-state index in [-0.39, 0.29) is 5.91 Å². The van der Waals surface area contributed by atoms with Crippen molar-refractivity contribution in [2.24, 2.45) is 0 Å². The molecular weight excluding hydrogens is 314 g/mol. The molecule has 6 nitrogen and oxygen atoms in total. The van der Waals surface area contributed by atoms with E-state index >= 15 is 0 Å². The van der Waals surface area contributed by atoms with Crippen LogP contribution in [0.5, 0.6) is 0 Å². The molecule has 1 amide bonds. The molecule has 23 heavy (non-hydrogen) atoms. The molecule has 128 valence electrons. The molecule has 1 aromatic carbocycles. The van der Waals surface area contributed by atoms with Crippen molar-refractivity contribution >= 4 is 15.9 Å². The third-order valence-electron chi connectivity index (χ3n) is 3.85. The number of nitrogens with one attached hydrogen (secondary N) is 2. The predicted molar refractivity (Wildman–Crippen MR) is 90.2 cm³/mol. The van der Waals surface area contributed by atoms with Gasteiger partial charge in [0.2, 0.25) is 15.9 Å². The first-order chi connectivity index (χ1) is 10.8. The Labute approximate surface area is 138 Å². The van der Waals surface area contributed by atoms with Crippen molar-refractivity contribution in [3.63, 3.8) is 0 Å². The normalized spacial score (nSPS) is 17.1. The molecule has 1 aliphatic heterocycles. The molecule has 0 spiro atoms. The van der Waals surface area contributed by atoms with Crippen LogP contribution in [0.1, 0.15) is 30.9 Å². The maximum Gasteiger partial charge on any atom is 0.238 e. The number of benzene rings is 1. The number of rotatable bonds is 7. The molecule has 0 aromatic heterocycles. The fourth-order valence-electron chi connectivity index (χ4n) is 2.75. The Kier molecular flexibility index (Phi) is 6.15. The van der Waals surface area contributed by atoms with Crippen LogP contribution < -0.4 is 10.0 Å². The Morgan fingerprint density at radius 3 is 2.57 bits per heavy atom. The van der Waals surface area contributed by atoms with Gasteiger partial charge in [-0.15, -0.1) is 0 Å². The molecule has 0 bridgehead atoms. The van der Waals surface area contributed by atoms with E-state index in [0.717, 1.165) is 31.5 Å². The number of hydrogen-bond donors (Lipinski definition) is 2. The lowest BCUT2D eigenvalue weighted by Crippen LogP contribution is -2.44. The van der Waals surface area contributed by atoms with Crippen LogP contribution in [0, 0.1) is 0 Å². The molecule has 1 saturated heterocycles. The van der Waals surface area contributed by atoms with Crippen LogP contribution in [0.25, 0.3) is 0 Å². The molecule has 2 rings (SSSR count). The Hall–Kier alpha value is -1.44. The third-order valence-corrected chi connectivity index (χ3v) is 4.63. The molecular formula is C16H25N3O3S. The van der Waals surface area contributed by atoms with Crippen molar-refractivity contribution in [2.75, 3.05) is 19.3 Å². The third kappa shape index (κ3) is 6.29. The Bertz CT molecular complexity index is 640. The molecule has 1 atom stereocenters. The van der Waals surface area contributed by atoms with Crippen LogP contribution in [0.3, 0.4) is 0 Å². The van der Waals surface area contributed by atoms with Crippen LogP contribution in [-0.2, 0) is 27.9 Å². The molecule has 0 aliphatic carbocycles. The monoisotopic (exact) mass is 339 g/mol. The van der Waals surface area contributed by atoms with Crippen molar-refractivity contribution in [3.05, 3.63) is 35.4 Å². The summed E-state index contributed by atoms with van der Waals surface area (Å²) < 4.78 is 24.5. The maximum absolute atomic E-state index is 11.9. The molecule has 1 aliphatic rings. The minimum Gasteiger partial charge on any atom is -0.351 e. The zero-order chi connectivity index (χ0) is 16.9. The standard InChI is InChI=1S/C16H25N3O3S/c1-13(18-23(2,21)22)16(20)17-11-14-6-5-7-15(10-14)12-19-8-3-4-9-19/h5-7,10,13,18H,3-4,8-9,11-12H2,1-2H3,(H,17,20)/t13-/m0/s1. The van der Waals surface area contributed by atoms with Crippen LogP contribution in [-0.4, -0.2) is 44.6 Å². The van der Waals surface area contributed by atoms with Gasteiger partial charge in [-0.2, -0.15) is 0 Å². The van der Waals surface area contributed by atoms with E-state index in [1.165, 1.54) is 25.3 Å². The number of hydrogen-bond acceptors (Lipinski definition) is 4. The van der Waals surface area contributed by atoms with Gasteiger partial charge in [0.15, 0.2) is 0 Å². The first kappa shape index (κ1) is 17.9. The van der Waals surface area contributed by atoms with E-state index in [4.69, 9.17) is 0 Å². The topological polar surface area (TPSA) is 78.5 Å². The molecule has 0 radical (unpaired) electrons. The summed E-state index contributed by atoms with van der Waals surface area (Å²) in [6.07, 6.45) is 3.57. The van der Waals surface area contributed by atoms with Gasteiger partial charge in [-0.3, -0.25) is 9.69 Å². The molecule has 0 unspecified atom stereocenters. The highest BCUT2D eigenvalue weighted by Gasteiger charge is 2.16. The van der Waals surface area contributed by atoms with Gasteiger partial charge in [0.05, 0.1) is 12.3 Å². The van der Waals surface area contributed by atoms with Gasteiger partial charge in [-0.1, -0.05) is 24.3 Å². The number of likely N-dealkylation sites (tertiary alicyclic amines) is 1. The second kappa shape index (κ2) is 7.90. The molecule has 1 heterocycles. The summed E-state index contributed by atoms with van der Waals surface area (Å²) in [4.78, 5) is 14.3. The summed E-state index contributed by atoms with van der Waals surface area (Å²) in [5.41, 5.74) is 2.25. The number of sulfonamides is 1. The van der Waals surface area contributed by atoms with E-state index in [9.17, 15) is 13.2 Å². The molecule has 1 aromatic rings. The number of carbonyl (C=O) groups is 1. The number of amides is 1. The minimum atomic E-state index is -3.39. The van der Waals surface area contributed by atoms with Gasteiger partial charge in [0, 0.05) is 13.1 Å². The first-order valence-electron chi connectivity index (χ1n) is 7.89. The van der Waals surface area contributed by atoms with Crippen molar-refractivity contribution in [3.8, 4) is 0 Å². The summed E-state index contributed by atoms with van der Waals surface area (Å²) in [7, 11) is -3.39. The maximum atomic E-state index is 11.9. The zero-order valence-corrected chi connectivity index (χ0v) is 14.5. The molecule has 1 fully saturated rings. The lowest BCUT2D eigenvalue weighted by atomic mass is 10.1. The van der Waals surface area contributed by atoms with Gasteiger partial charge in [-0.05, 0) is 44.0 Å². The lowest BCUT2D eigenvalue weighted by molar-refractivity contribution is -0.122. The largest absolute Gasteiger partial charge is 0.351 e. The Morgan fingerprint density at radius 2 is 1.91 bits per heavy atom. The SMILES string of the molecule is C[C@H](NS(C)(=O)=O)C(=O)NCc1cccc(CN2CCCC2)c1. The van der Waals surface area contributed by atoms with E-state index < -0.39 is 16.1 Å². The highest BCUT2D eigenvalue weighted by molar-refractivity contribution is 7.88. The van der Waals surface area contributed by atoms with Crippen molar-refractivity contribution in [1.29, 1.82) is 0 Å². The van der Waals surface area contributed by atoms with E-state index in [1.807, 2.05) is 12.1 Å². The summed E-state index contributed by atoms with van der Waals surface area (Å²) >= 11 is 0. The van der Waals surface area contributed by atoms with Crippen LogP contribution in [0.2, 0.25) is 0 Å². The summed E-state index contributed by atoms with van der Waals surface area (Å²) in [5.74, 6) is -0.333.